The maximum absolute atomic E-state index is 15.0. The average Bonchev–Trinajstić information content (AvgIpc) is 3.25. The molecule has 0 saturated heterocycles. The molecule has 0 radical (unpaired) electrons. The van der Waals surface area contributed by atoms with E-state index in [-0.39, 0.29) is 23.4 Å². The maximum Gasteiger partial charge on any atom is 0.228 e. The van der Waals surface area contributed by atoms with Crippen LogP contribution in [0.1, 0.15) is 51.3 Å². The molecule has 36 heavy (non-hydrogen) atoms. The first-order valence-electron chi connectivity index (χ1n) is 11.7. The number of aromatic nitrogens is 3. The van der Waals surface area contributed by atoms with Crippen LogP contribution in [0.2, 0.25) is 0 Å². The molecule has 0 aliphatic rings. The molecule has 7 nitrogen and oxygen atoms in total. The molecule has 0 aliphatic heterocycles. The molecule has 1 amide bonds. The second kappa shape index (κ2) is 9.35. The quantitative estimate of drug-likeness (QED) is 0.355. The lowest BCUT2D eigenvalue weighted by Gasteiger charge is -2.19. The highest BCUT2D eigenvalue weighted by Gasteiger charge is 2.19. The zero-order valence-electron chi connectivity index (χ0n) is 21.4. The monoisotopic (exact) mass is 490 g/mol. The zero-order valence-corrected chi connectivity index (χ0v) is 21.4. The van der Waals surface area contributed by atoms with Crippen LogP contribution in [0.15, 0.2) is 55.0 Å². The lowest BCUT2D eigenvalue weighted by molar-refractivity contribution is -0.115. The number of aliphatic hydroxyl groups is 1. The molecular weight excluding hydrogens is 459 g/mol. The summed E-state index contributed by atoms with van der Waals surface area (Å²) in [5, 5.41) is 18.1. The van der Waals surface area contributed by atoms with Crippen molar-refractivity contribution in [3.8, 4) is 11.5 Å². The number of benzene rings is 2. The molecule has 2 aromatic carbocycles. The molecule has 0 unspecified atom stereocenters. The molecule has 2 heterocycles. The van der Waals surface area contributed by atoms with E-state index in [1.165, 1.54) is 6.07 Å². The van der Waals surface area contributed by atoms with Crippen LogP contribution in [-0.2, 0) is 22.4 Å². The normalized spacial score (nSPS) is 12.1. The molecule has 188 valence electrons. The van der Waals surface area contributed by atoms with Gasteiger partial charge in [0.05, 0.1) is 35.0 Å². The van der Waals surface area contributed by atoms with Crippen LogP contribution in [0.3, 0.4) is 0 Å². The van der Waals surface area contributed by atoms with Gasteiger partial charge < -0.3 is 15.2 Å². The highest BCUT2D eigenvalue weighted by atomic mass is 19.1. The molecule has 0 aliphatic carbocycles. The molecule has 0 fully saturated rings. The molecular formula is C28H31FN4O3. The van der Waals surface area contributed by atoms with E-state index in [0.717, 1.165) is 0 Å². The summed E-state index contributed by atoms with van der Waals surface area (Å²) in [5.41, 5.74) is 1.68. The standard InChI is InChI=1S/C28H31FN4O3/c1-17-11-18(12-26(34)32-20-15-31-33(16-20)27(2,3)4)22(29)14-25(17)36-24-9-10-30-23-8-7-19(13-21(23)24)28(5,6)35/h7-11,13-16,35H,12H2,1-6H3,(H,32,34). The summed E-state index contributed by atoms with van der Waals surface area (Å²) in [7, 11) is 0. The first kappa shape index (κ1) is 25.3. The number of aryl methyl sites for hydroxylation is 1. The number of halogens is 1. The van der Waals surface area contributed by atoms with Crippen molar-refractivity contribution in [2.75, 3.05) is 5.32 Å². The number of hydrogen-bond acceptors (Lipinski definition) is 5. The predicted octanol–water partition coefficient (Wildman–Crippen LogP) is 5.83. The van der Waals surface area contributed by atoms with Crippen LogP contribution in [-0.4, -0.2) is 25.8 Å². The van der Waals surface area contributed by atoms with Gasteiger partial charge in [0.2, 0.25) is 5.91 Å². The van der Waals surface area contributed by atoms with Gasteiger partial charge in [-0.3, -0.25) is 14.5 Å². The first-order chi connectivity index (χ1) is 16.8. The summed E-state index contributed by atoms with van der Waals surface area (Å²) >= 11 is 0. The Balaban J connectivity index is 1.54. The van der Waals surface area contributed by atoms with Gasteiger partial charge in [0.25, 0.3) is 0 Å². The summed E-state index contributed by atoms with van der Waals surface area (Å²) in [6, 6.07) is 10.1. The van der Waals surface area contributed by atoms with Crippen LogP contribution < -0.4 is 10.1 Å². The topological polar surface area (TPSA) is 89.3 Å². The third kappa shape index (κ3) is 5.54. The Morgan fingerprint density at radius 3 is 2.53 bits per heavy atom. The number of ether oxygens (including phenoxy) is 1. The average molecular weight is 491 g/mol. The molecule has 4 aromatic rings. The summed E-state index contributed by atoms with van der Waals surface area (Å²) in [6.07, 6.45) is 4.82. The van der Waals surface area contributed by atoms with E-state index in [4.69, 9.17) is 4.74 Å². The van der Waals surface area contributed by atoms with Crippen molar-refractivity contribution in [1.82, 2.24) is 14.8 Å². The number of pyridine rings is 1. The van der Waals surface area contributed by atoms with E-state index in [9.17, 15) is 9.90 Å². The molecule has 0 bridgehead atoms. The predicted molar refractivity (Wildman–Crippen MR) is 138 cm³/mol. The maximum atomic E-state index is 15.0. The minimum Gasteiger partial charge on any atom is -0.456 e. The number of carbonyl (C=O) groups excluding carboxylic acids is 1. The Kier molecular flexibility index (Phi) is 6.58. The second-order valence-electron chi connectivity index (χ2n) is 10.5. The number of rotatable bonds is 6. The van der Waals surface area contributed by atoms with Gasteiger partial charge in [-0.25, -0.2) is 4.39 Å². The molecule has 2 N–H and O–H groups in total. The number of nitrogens with one attached hydrogen (secondary N) is 1. The highest BCUT2D eigenvalue weighted by molar-refractivity contribution is 5.92. The van der Waals surface area contributed by atoms with Crippen LogP contribution in [0.25, 0.3) is 10.9 Å². The van der Waals surface area contributed by atoms with Crippen molar-refractivity contribution in [3.63, 3.8) is 0 Å². The van der Waals surface area contributed by atoms with E-state index in [1.54, 1.807) is 56.2 Å². The van der Waals surface area contributed by atoms with Crippen molar-refractivity contribution in [2.45, 2.75) is 59.1 Å². The molecule has 0 saturated carbocycles. The Morgan fingerprint density at radius 2 is 1.86 bits per heavy atom. The number of amides is 1. The third-order valence-corrected chi connectivity index (χ3v) is 5.88. The SMILES string of the molecule is Cc1cc(CC(=O)Nc2cnn(C(C)(C)C)c2)c(F)cc1Oc1ccnc2ccc(C(C)(C)O)cc12. The van der Waals surface area contributed by atoms with Crippen molar-refractivity contribution in [1.29, 1.82) is 0 Å². The van der Waals surface area contributed by atoms with Crippen LogP contribution in [0.4, 0.5) is 10.1 Å². The lowest BCUT2D eigenvalue weighted by atomic mass is 9.96. The van der Waals surface area contributed by atoms with E-state index in [1.807, 2.05) is 39.0 Å². The summed E-state index contributed by atoms with van der Waals surface area (Å²) < 4.78 is 22.8. The molecule has 2 aromatic heterocycles. The fourth-order valence-corrected chi connectivity index (χ4v) is 3.81. The Bertz CT molecular complexity index is 1430. The van der Waals surface area contributed by atoms with Crippen LogP contribution in [0.5, 0.6) is 11.5 Å². The van der Waals surface area contributed by atoms with Gasteiger partial charge >= 0.3 is 0 Å². The number of anilines is 1. The Labute approximate surface area is 209 Å². The van der Waals surface area contributed by atoms with Gasteiger partial charge in [-0.05, 0) is 82.5 Å². The minimum atomic E-state index is -1.03. The van der Waals surface area contributed by atoms with Gasteiger partial charge in [0, 0.05) is 23.8 Å². The third-order valence-electron chi connectivity index (χ3n) is 5.88. The van der Waals surface area contributed by atoms with Gasteiger partial charge in [-0.15, -0.1) is 0 Å². The second-order valence-corrected chi connectivity index (χ2v) is 10.5. The van der Waals surface area contributed by atoms with Crippen molar-refractivity contribution < 1.29 is 19.0 Å². The van der Waals surface area contributed by atoms with E-state index in [0.29, 0.717) is 39.2 Å². The fraction of sp³-hybridized carbons (Fsp3) is 0.321. The van der Waals surface area contributed by atoms with E-state index in [2.05, 4.69) is 15.4 Å². The fourth-order valence-electron chi connectivity index (χ4n) is 3.81. The minimum absolute atomic E-state index is 0.124. The smallest absolute Gasteiger partial charge is 0.228 e. The number of nitrogens with zero attached hydrogens (tertiary/aromatic N) is 3. The number of carbonyl (C=O) groups is 1. The summed E-state index contributed by atoms with van der Waals surface area (Å²) in [6.45, 7) is 11.2. The highest BCUT2D eigenvalue weighted by Crippen LogP contribution is 2.34. The summed E-state index contributed by atoms with van der Waals surface area (Å²) in [4.78, 5) is 16.9. The summed E-state index contributed by atoms with van der Waals surface area (Å²) in [5.74, 6) is -0.0411. The Morgan fingerprint density at radius 1 is 1.11 bits per heavy atom. The zero-order chi connectivity index (χ0) is 26.3. The van der Waals surface area contributed by atoms with Crippen molar-refractivity contribution >= 4 is 22.5 Å². The lowest BCUT2D eigenvalue weighted by Crippen LogP contribution is -2.22. The van der Waals surface area contributed by atoms with Gasteiger partial charge in [0.15, 0.2) is 0 Å². The van der Waals surface area contributed by atoms with Crippen LogP contribution in [0, 0.1) is 12.7 Å². The van der Waals surface area contributed by atoms with Gasteiger partial charge in [-0.1, -0.05) is 6.07 Å². The van der Waals surface area contributed by atoms with E-state index >= 15 is 4.39 Å². The molecule has 0 atom stereocenters. The largest absolute Gasteiger partial charge is 0.456 e. The molecule has 0 spiro atoms. The first-order valence-corrected chi connectivity index (χ1v) is 11.7. The van der Waals surface area contributed by atoms with E-state index < -0.39 is 11.4 Å². The van der Waals surface area contributed by atoms with Crippen molar-refractivity contribution in [2.24, 2.45) is 0 Å². The van der Waals surface area contributed by atoms with Crippen molar-refractivity contribution in [3.05, 3.63) is 77.5 Å². The van der Waals surface area contributed by atoms with Crippen LogP contribution >= 0.6 is 0 Å². The van der Waals surface area contributed by atoms with Gasteiger partial charge in [-0.2, -0.15) is 5.10 Å². The Hall–Kier alpha value is -3.78. The van der Waals surface area contributed by atoms with Gasteiger partial charge in [0.1, 0.15) is 17.3 Å². The molecule has 8 heteroatoms. The number of hydrogen-bond donors (Lipinski definition) is 2. The molecule has 4 rings (SSSR count). The number of fused-ring (bicyclic) bond motifs is 1.